The van der Waals surface area contributed by atoms with Gasteiger partial charge in [-0.05, 0) is 57.2 Å². The van der Waals surface area contributed by atoms with Crippen LogP contribution in [0.1, 0.15) is 53.6 Å². The van der Waals surface area contributed by atoms with Crippen LogP contribution >= 0.6 is 0 Å². The highest BCUT2D eigenvalue weighted by atomic mass is 32.2. The summed E-state index contributed by atoms with van der Waals surface area (Å²) in [5.74, 6) is -0.129. The molecule has 0 radical (unpaired) electrons. The number of amides is 1. The van der Waals surface area contributed by atoms with Crippen LogP contribution in [0, 0.1) is 26.7 Å². The van der Waals surface area contributed by atoms with Crippen molar-refractivity contribution in [3.05, 3.63) is 70.3 Å². The van der Waals surface area contributed by atoms with Gasteiger partial charge < -0.3 is 5.32 Å². The molecule has 1 atom stereocenters. The molecule has 6 heteroatoms. The van der Waals surface area contributed by atoms with E-state index in [1.807, 2.05) is 45.0 Å². The maximum Gasteiger partial charge on any atom is 0.223 e. The molecule has 0 bridgehead atoms. The molecule has 162 valence electrons. The SMILES string of the molecule is Cc1ccc(CS(=O)(=O)N2CCC(C(=O)N[C@H](C)c3cc(C)ccc3C)CC2)cc1. The number of benzene rings is 2. The summed E-state index contributed by atoms with van der Waals surface area (Å²) in [5.41, 5.74) is 5.36. The Balaban J connectivity index is 1.56. The fraction of sp³-hybridized carbons (Fsp3) is 0.458. The average Bonchev–Trinajstić information content (AvgIpc) is 2.71. The van der Waals surface area contributed by atoms with Crippen LogP contribution < -0.4 is 5.32 Å². The molecule has 1 aliphatic heterocycles. The van der Waals surface area contributed by atoms with Gasteiger partial charge in [-0.1, -0.05) is 53.6 Å². The van der Waals surface area contributed by atoms with Gasteiger partial charge in [0.1, 0.15) is 0 Å². The predicted octanol–water partition coefficient (Wildman–Crippen LogP) is 4.03. The van der Waals surface area contributed by atoms with E-state index in [9.17, 15) is 13.2 Å². The van der Waals surface area contributed by atoms with Crippen molar-refractivity contribution in [2.75, 3.05) is 13.1 Å². The highest BCUT2D eigenvalue weighted by molar-refractivity contribution is 7.88. The topological polar surface area (TPSA) is 66.5 Å². The molecular weight excluding hydrogens is 396 g/mol. The van der Waals surface area contributed by atoms with Crippen molar-refractivity contribution in [2.24, 2.45) is 5.92 Å². The molecule has 5 nitrogen and oxygen atoms in total. The van der Waals surface area contributed by atoms with E-state index in [0.29, 0.717) is 25.9 Å². The molecule has 1 N–H and O–H groups in total. The first kappa shape index (κ1) is 22.5. The summed E-state index contributed by atoms with van der Waals surface area (Å²) in [6.45, 7) is 8.86. The number of carbonyl (C=O) groups excluding carboxylic acids is 1. The summed E-state index contributed by atoms with van der Waals surface area (Å²) in [6.07, 6.45) is 1.11. The maximum absolute atomic E-state index is 12.8. The van der Waals surface area contributed by atoms with E-state index in [2.05, 4.69) is 30.4 Å². The summed E-state index contributed by atoms with van der Waals surface area (Å²) >= 11 is 0. The fourth-order valence-electron chi connectivity index (χ4n) is 4.02. The number of aryl methyl sites for hydroxylation is 3. The Morgan fingerprint density at radius 1 is 1.03 bits per heavy atom. The zero-order valence-corrected chi connectivity index (χ0v) is 19.1. The quantitative estimate of drug-likeness (QED) is 0.755. The summed E-state index contributed by atoms with van der Waals surface area (Å²) < 4.78 is 27.1. The molecule has 30 heavy (non-hydrogen) atoms. The Bertz CT molecular complexity index is 992. The van der Waals surface area contributed by atoms with E-state index >= 15 is 0 Å². The Hall–Kier alpha value is -2.18. The average molecular weight is 429 g/mol. The molecule has 0 unspecified atom stereocenters. The van der Waals surface area contributed by atoms with E-state index in [1.54, 1.807) is 0 Å². The summed E-state index contributed by atoms with van der Waals surface area (Å²) in [7, 11) is -3.37. The van der Waals surface area contributed by atoms with Gasteiger partial charge in [0.25, 0.3) is 0 Å². The van der Waals surface area contributed by atoms with Gasteiger partial charge in [-0.3, -0.25) is 4.79 Å². The Morgan fingerprint density at radius 3 is 2.27 bits per heavy atom. The number of nitrogens with zero attached hydrogens (tertiary/aromatic N) is 1. The van der Waals surface area contributed by atoms with E-state index in [1.165, 1.54) is 9.87 Å². The normalized spacial score (nSPS) is 16.9. The molecule has 1 aliphatic rings. The van der Waals surface area contributed by atoms with E-state index in [4.69, 9.17) is 0 Å². The van der Waals surface area contributed by atoms with Crippen LogP contribution in [0.5, 0.6) is 0 Å². The molecule has 2 aromatic carbocycles. The van der Waals surface area contributed by atoms with Crippen molar-refractivity contribution >= 4 is 15.9 Å². The van der Waals surface area contributed by atoms with Crippen LogP contribution in [0.15, 0.2) is 42.5 Å². The van der Waals surface area contributed by atoms with Crippen molar-refractivity contribution in [2.45, 2.75) is 52.3 Å². The first-order valence-electron chi connectivity index (χ1n) is 10.6. The van der Waals surface area contributed by atoms with Gasteiger partial charge in [-0.15, -0.1) is 0 Å². The van der Waals surface area contributed by atoms with Gasteiger partial charge in [0.2, 0.25) is 15.9 Å². The molecule has 1 amide bonds. The molecular formula is C24H32N2O3S. The molecule has 0 aliphatic carbocycles. The van der Waals surface area contributed by atoms with E-state index in [-0.39, 0.29) is 23.6 Å². The zero-order chi connectivity index (χ0) is 21.9. The number of rotatable bonds is 6. The molecule has 1 heterocycles. The van der Waals surface area contributed by atoms with Gasteiger partial charge in [-0.2, -0.15) is 0 Å². The van der Waals surface area contributed by atoms with Crippen molar-refractivity contribution in [3.63, 3.8) is 0 Å². The van der Waals surface area contributed by atoms with Crippen molar-refractivity contribution < 1.29 is 13.2 Å². The second kappa shape index (κ2) is 9.31. The van der Waals surface area contributed by atoms with Crippen LogP contribution in [0.25, 0.3) is 0 Å². The molecule has 1 fully saturated rings. The maximum atomic E-state index is 12.8. The minimum absolute atomic E-state index is 0.00775. The number of piperidine rings is 1. The summed E-state index contributed by atoms with van der Waals surface area (Å²) in [5, 5.41) is 3.13. The lowest BCUT2D eigenvalue weighted by atomic mass is 9.95. The van der Waals surface area contributed by atoms with E-state index < -0.39 is 10.0 Å². The number of sulfonamides is 1. The first-order chi connectivity index (χ1) is 14.2. The van der Waals surface area contributed by atoms with Crippen molar-refractivity contribution in [3.8, 4) is 0 Å². The van der Waals surface area contributed by atoms with E-state index in [0.717, 1.165) is 22.3 Å². The van der Waals surface area contributed by atoms with Crippen LogP contribution in [0.4, 0.5) is 0 Å². The highest BCUT2D eigenvalue weighted by Gasteiger charge is 2.31. The standard InChI is InChI=1S/C24H32N2O3S/c1-17-6-9-21(10-7-17)16-30(28,29)26-13-11-22(12-14-26)24(27)25-20(4)23-15-18(2)5-8-19(23)3/h5-10,15,20,22H,11-14,16H2,1-4H3,(H,25,27)/t20-/m1/s1. The van der Waals surface area contributed by atoms with Crippen LogP contribution in [0.3, 0.4) is 0 Å². The molecule has 0 saturated carbocycles. The van der Waals surface area contributed by atoms with Gasteiger partial charge in [0, 0.05) is 19.0 Å². The molecule has 2 aromatic rings. The molecule has 0 spiro atoms. The Kier molecular flexibility index (Phi) is 6.98. The smallest absolute Gasteiger partial charge is 0.223 e. The lowest BCUT2D eigenvalue weighted by Gasteiger charge is -2.31. The summed E-state index contributed by atoms with van der Waals surface area (Å²) in [4.78, 5) is 12.8. The second-order valence-electron chi connectivity index (χ2n) is 8.51. The van der Waals surface area contributed by atoms with Gasteiger partial charge in [-0.25, -0.2) is 12.7 Å². The number of hydrogen-bond donors (Lipinski definition) is 1. The van der Waals surface area contributed by atoms with Crippen LogP contribution in [-0.2, 0) is 20.6 Å². The van der Waals surface area contributed by atoms with Gasteiger partial charge >= 0.3 is 0 Å². The second-order valence-corrected chi connectivity index (χ2v) is 10.5. The Labute approximate surface area is 180 Å². The van der Waals surface area contributed by atoms with Gasteiger partial charge in [0.05, 0.1) is 11.8 Å². The third-order valence-corrected chi connectivity index (χ3v) is 7.80. The molecule has 1 saturated heterocycles. The molecule has 0 aromatic heterocycles. The number of hydrogen-bond acceptors (Lipinski definition) is 3. The van der Waals surface area contributed by atoms with Crippen LogP contribution in [0.2, 0.25) is 0 Å². The lowest BCUT2D eigenvalue weighted by molar-refractivity contribution is -0.126. The zero-order valence-electron chi connectivity index (χ0n) is 18.3. The Morgan fingerprint density at radius 2 is 1.63 bits per heavy atom. The van der Waals surface area contributed by atoms with Gasteiger partial charge in [0.15, 0.2) is 0 Å². The highest BCUT2D eigenvalue weighted by Crippen LogP contribution is 2.24. The lowest BCUT2D eigenvalue weighted by Crippen LogP contribution is -2.43. The number of nitrogens with one attached hydrogen (secondary N) is 1. The number of carbonyl (C=O) groups is 1. The predicted molar refractivity (Wildman–Crippen MR) is 121 cm³/mol. The van der Waals surface area contributed by atoms with Crippen LogP contribution in [-0.4, -0.2) is 31.7 Å². The summed E-state index contributed by atoms with van der Waals surface area (Å²) in [6, 6.07) is 13.8. The van der Waals surface area contributed by atoms with Crippen molar-refractivity contribution in [1.82, 2.24) is 9.62 Å². The van der Waals surface area contributed by atoms with Crippen molar-refractivity contribution in [1.29, 1.82) is 0 Å². The molecule has 3 rings (SSSR count). The minimum atomic E-state index is -3.37. The fourth-order valence-corrected chi connectivity index (χ4v) is 5.58. The monoisotopic (exact) mass is 428 g/mol. The first-order valence-corrected chi connectivity index (χ1v) is 12.2. The largest absolute Gasteiger partial charge is 0.349 e. The third kappa shape index (κ3) is 5.49. The third-order valence-electron chi connectivity index (χ3n) is 5.95. The minimum Gasteiger partial charge on any atom is -0.349 e.